The van der Waals surface area contributed by atoms with Crippen LogP contribution in [-0.4, -0.2) is 25.3 Å². The molecule has 0 aliphatic rings. The summed E-state index contributed by atoms with van der Waals surface area (Å²) in [5.74, 6) is 0.482. The van der Waals surface area contributed by atoms with Crippen molar-refractivity contribution in [3.8, 4) is 0 Å². The van der Waals surface area contributed by atoms with E-state index in [0.717, 1.165) is 45.1 Å². The van der Waals surface area contributed by atoms with Crippen molar-refractivity contribution in [1.29, 1.82) is 0 Å². The smallest absolute Gasteiger partial charge is 0.319 e. The SMILES string of the molecule is NCCCCCCCCSS(=O)(=O)O. The van der Waals surface area contributed by atoms with Gasteiger partial charge in [0.1, 0.15) is 0 Å². The minimum absolute atomic E-state index is 0.482. The molecule has 0 saturated carbocycles. The average molecular weight is 241 g/mol. The summed E-state index contributed by atoms with van der Waals surface area (Å²) in [6, 6.07) is 0. The fourth-order valence-electron chi connectivity index (χ4n) is 1.12. The lowest BCUT2D eigenvalue weighted by molar-refractivity contribution is 0.503. The Hall–Kier alpha value is 0.220. The van der Waals surface area contributed by atoms with Gasteiger partial charge in [0.15, 0.2) is 0 Å². The van der Waals surface area contributed by atoms with Crippen molar-refractivity contribution in [1.82, 2.24) is 0 Å². The Morgan fingerprint density at radius 3 is 2.00 bits per heavy atom. The van der Waals surface area contributed by atoms with Crippen LogP contribution in [-0.2, 0) is 9.15 Å². The van der Waals surface area contributed by atoms with Gasteiger partial charge in [0.2, 0.25) is 0 Å². The number of rotatable bonds is 9. The molecule has 0 radical (unpaired) electrons. The average Bonchev–Trinajstić information content (AvgIpc) is 2.08. The molecule has 0 aromatic rings. The lowest BCUT2D eigenvalue weighted by Gasteiger charge is -1.99. The predicted octanol–water partition coefficient (Wildman–Crippen LogP) is 1.82. The summed E-state index contributed by atoms with van der Waals surface area (Å²) in [4.78, 5) is 0. The second-order valence-electron chi connectivity index (χ2n) is 3.16. The van der Waals surface area contributed by atoms with Crippen LogP contribution >= 0.6 is 10.8 Å². The monoisotopic (exact) mass is 241 g/mol. The molecule has 0 saturated heterocycles. The molecule has 14 heavy (non-hydrogen) atoms. The Morgan fingerprint density at radius 1 is 1.00 bits per heavy atom. The fourth-order valence-corrected chi connectivity index (χ4v) is 2.64. The third-order valence-electron chi connectivity index (χ3n) is 1.83. The summed E-state index contributed by atoms with van der Waals surface area (Å²) >= 11 is 0. The molecule has 6 heteroatoms. The van der Waals surface area contributed by atoms with Crippen LogP contribution in [0.2, 0.25) is 0 Å². The van der Waals surface area contributed by atoms with Crippen LogP contribution in [0.5, 0.6) is 0 Å². The van der Waals surface area contributed by atoms with Crippen LogP contribution < -0.4 is 5.73 Å². The highest BCUT2D eigenvalue weighted by atomic mass is 33.1. The minimum Gasteiger partial charge on any atom is -0.330 e. The van der Waals surface area contributed by atoms with E-state index in [9.17, 15) is 8.42 Å². The van der Waals surface area contributed by atoms with Gasteiger partial charge in [0.25, 0.3) is 0 Å². The van der Waals surface area contributed by atoms with Gasteiger partial charge in [-0.2, -0.15) is 8.42 Å². The summed E-state index contributed by atoms with van der Waals surface area (Å²) in [5.41, 5.74) is 5.34. The maximum Gasteiger partial charge on any atom is 0.319 e. The van der Waals surface area contributed by atoms with Gasteiger partial charge >= 0.3 is 9.15 Å². The largest absolute Gasteiger partial charge is 0.330 e. The van der Waals surface area contributed by atoms with E-state index in [-0.39, 0.29) is 0 Å². The van der Waals surface area contributed by atoms with Crippen LogP contribution in [0.1, 0.15) is 38.5 Å². The van der Waals surface area contributed by atoms with Gasteiger partial charge in [0.05, 0.1) is 0 Å². The molecule has 0 unspecified atom stereocenters. The zero-order valence-electron chi connectivity index (χ0n) is 8.31. The van der Waals surface area contributed by atoms with E-state index >= 15 is 0 Å². The molecule has 3 N–H and O–H groups in total. The first-order valence-corrected chi connectivity index (χ1v) is 7.82. The first kappa shape index (κ1) is 14.2. The zero-order valence-corrected chi connectivity index (χ0v) is 9.95. The molecule has 86 valence electrons. The van der Waals surface area contributed by atoms with Crippen molar-refractivity contribution >= 4 is 19.9 Å². The zero-order chi connectivity index (χ0) is 10.9. The van der Waals surface area contributed by atoms with Crippen molar-refractivity contribution in [2.45, 2.75) is 38.5 Å². The molecular formula is C8H19NO3S2. The minimum atomic E-state index is -3.83. The van der Waals surface area contributed by atoms with Crippen LogP contribution in [0.3, 0.4) is 0 Å². The second-order valence-corrected chi connectivity index (χ2v) is 6.63. The summed E-state index contributed by atoms with van der Waals surface area (Å²) in [7, 11) is -3.22. The molecule has 0 heterocycles. The van der Waals surface area contributed by atoms with Crippen molar-refractivity contribution < 1.29 is 13.0 Å². The van der Waals surface area contributed by atoms with Gasteiger partial charge < -0.3 is 5.73 Å². The molecule has 0 aromatic heterocycles. The Kier molecular flexibility index (Phi) is 8.66. The molecule has 0 bridgehead atoms. The number of hydrogen-bond acceptors (Lipinski definition) is 4. The summed E-state index contributed by atoms with van der Waals surface area (Å²) < 4.78 is 29.0. The lowest BCUT2D eigenvalue weighted by atomic mass is 10.1. The van der Waals surface area contributed by atoms with Crippen LogP contribution in [0.25, 0.3) is 0 Å². The molecule has 0 amide bonds. The fraction of sp³-hybridized carbons (Fsp3) is 1.00. The van der Waals surface area contributed by atoms with Gasteiger partial charge in [-0.05, 0) is 30.2 Å². The highest BCUT2D eigenvalue weighted by Gasteiger charge is 2.03. The predicted molar refractivity (Wildman–Crippen MR) is 60.8 cm³/mol. The van der Waals surface area contributed by atoms with Gasteiger partial charge in [-0.15, -0.1) is 0 Å². The highest BCUT2D eigenvalue weighted by molar-refractivity contribution is 8.69. The van der Waals surface area contributed by atoms with E-state index in [0.29, 0.717) is 16.5 Å². The molecule has 0 spiro atoms. The van der Waals surface area contributed by atoms with E-state index in [1.165, 1.54) is 0 Å². The molecule has 0 rings (SSSR count). The second kappa shape index (κ2) is 8.52. The molecular weight excluding hydrogens is 222 g/mol. The molecule has 0 aliphatic heterocycles. The Balaban J connectivity index is 3.07. The standard InChI is InChI=1S/C8H19NO3S2/c9-7-5-3-1-2-4-6-8-13-14(10,11)12/h1-9H2,(H,10,11,12). The first-order valence-electron chi connectivity index (χ1n) is 4.88. The molecule has 0 atom stereocenters. The van der Waals surface area contributed by atoms with E-state index in [1.54, 1.807) is 0 Å². The topological polar surface area (TPSA) is 80.4 Å². The van der Waals surface area contributed by atoms with Crippen molar-refractivity contribution in [2.75, 3.05) is 12.3 Å². The van der Waals surface area contributed by atoms with Crippen molar-refractivity contribution in [3.63, 3.8) is 0 Å². The van der Waals surface area contributed by atoms with E-state index in [1.807, 2.05) is 0 Å². The van der Waals surface area contributed by atoms with Gasteiger partial charge in [-0.3, -0.25) is 4.55 Å². The van der Waals surface area contributed by atoms with Gasteiger partial charge in [-0.25, -0.2) is 0 Å². The van der Waals surface area contributed by atoms with Gasteiger partial charge in [0, 0.05) is 5.75 Å². The lowest BCUT2D eigenvalue weighted by Crippen LogP contribution is -1.97. The van der Waals surface area contributed by atoms with Crippen LogP contribution in [0.4, 0.5) is 0 Å². The van der Waals surface area contributed by atoms with Crippen LogP contribution in [0.15, 0.2) is 0 Å². The summed E-state index contributed by atoms with van der Waals surface area (Å²) in [6.45, 7) is 0.749. The first-order chi connectivity index (χ1) is 6.56. The molecule has 0 aliphatic carbocycles. The van der Waals surface area contributed by atoms with E-state index in [2.05, 4.69) is 0 Å². The van der Waals surface area contributed by atoms with E-state index < -0.39 is 9.15 Å². The number of unbranched alkanes of at least 4 members (excludes halogenated alkanes) is 5. The summed E-state index contributed by atoms with van der Waals surface area (Å²) in [5, 5.41) is 0. The van der Waals surface area contributed by atoms with Crippen LogP contribution in [0, 0.1) is 0 Å². The maximum absolute atomic E-state index is 10.3. The number of hydrogen-bond donors (Lipinski definition) is 2. The van der Waals surface area contributed by atoms with Crippen molar-refractivity contribution in [2.24, 2.45) is 5.73 Å². The molecule has 4 nitrogen and oxygen atoms in total. The quantitative estimate of drug-likeness (QED) is 0.365. The highest BCUT2D eigenvalue weighted by Crippen LogP contribution is 2.13. The van der Waals surface area contributed by atoms with Gasteiger partial charge in [-0.1, -0.05) is 25.7 Å². The van der Waals surface area contributed by atoms with E-state index in [4.69, 9.17) is 10.3 Å². The van der Waals surface area contributed by atoms with Crippen molar-refractivity contribution in [3.05, 3.63) is 0 Å². The third kappa shape index (κ3) is 12.2. The third-order valence-corrected chi connectivity index (χ3v) is 3.98. The Bertz CT molecular complexity index is 217. The Labute approximate surface area is 89.8 Å². The molecule has 0 fully saturated rings. The Morgan fingerprint density at radius 2 is 1.50 bits per heavy atom. The number of nitrogens with two attached hydrogens (primary N) is 1. The summed E-state index contributed by atoms with van der Waals surface area (Å²) in [6.07, 6.45) is 6.36. The molecule has 0 aromatic carbocycles. The normalized spacial score (nSPS) is 11.9. The maximum atomic E-state index is 10.3.